The van der Waals surface area contributed by atoms with Crippen LogP contribution in [0.15, 0.2) is 0 Å². The Hall–Kier alpha value is 0.440. The predicted octanol–water partition coefficient (Wildman–Crippen LogP) is 6.71. The van der Waals surface area contributed by atoms with Crippen LogP contribution in [-0.2, 0) is 0 Å². The first-order chi connectivity index (χ1) is 6.99. The summed E-state index contributed by atoms with van der Waals surface area (Å²) in [6.07, 6.45) is 4.35. The van der Waals surface area contributed by atoms with Gasteiger partial charge in [0.2, 0.25) is 0 Å². The average Bonchev–Trinajstić information content (AvgIpc) is 1.97. The molecule has 0 unspecified atom stereocenters. The summed E-state index contributed by atoms with van der Waals surface area (Å²) in [7, 11) is -11.1. The minimum absolute atomic E-state index is 0.487. The standard InChI is InChI=1S/C9H22P.F6P/c1-6-10(5,7-2)8-9(3)4;1-7(2,3,4,5)6/h9H,6-8H2,1-5H3;/q+1;-1. The Bertz CT molecular complexity index is 214. The number of rotatable bonds is 4. The third kappa shape index (κ3) is 26.2. The summed E-state index contributed by atoms with van der Waals surface area (Å²) in [6.45, 7) is 11.9. The molecule has 0 radical (unpaired) electrons. The minimum atomic E-state index is -10.7. The van der Waals surface area contributed by atoms with Crippen molar-refractivity contribution in [2.75, 3.05) is 25.2 Å². The molecule has 0 atom stereocenters. The van der Waals surface area contributed by atoms with Gasteiger partial charge in [0.25, 0.3) is 0 Å². The van der Waals surface area contributed by atoms with Gasteiger partial charge in [-0.2, -0.15) is 0 Å². The van der Waals surface area contributed by atoms with Gasteiger partial charge in [0, 0.05) is 13.9 Å². The summed E-state index contributed by atoms with van der Waals surface area (Å²) >= 11 is 0. The Morgan fingerprint density at radius 1 is 0.882 bits per heavy atom. The van der Waals surface area contributed by atoms with E-state index in [0.717, 1.165) is 5.92 Å². The second-order valence-electron chi connectivity index (χ2n) is 4.79. The third-order valence-electron chi connectivity index (χ3n) is 2.33. The molecule has 0 saturated carbocycles. The van der Waals surface area contributed by atoms with Crippen LogP contribution in [0.5, 0.6) is 0 Å². The van der Waals surface area contributed by atoms with Crippen LogP contribution in [0.2, 0.25) is 0 Å². The van der Waals surface area contributed by atoms with Crippen molar-refractivity contribution in [3.05, 3.63) is 0 Å². The topological polar surface area (TPSA) is 0 Å². The molecule has 0 heterocycles. The van der Waals surface area contributed by atoms with Crippen LogP contribution in [0.4, 0.5) is 25.2 Å². The molecule has 0 aliphatic rings. The van der Waals surface area contributed by atoms with Crippen LogP contribution in [-0.4, -0.2) is 25.2 Å². The number of hydrogen-bond acceptors (Lipinski definition) is 0. The fourth-order valence-corrected chi connectivity index (χ4v) is 4.09. The van der Waals surface area contributed by atoms with Gasteiger partial charge in [-0.25, -0.2) is 0 Å². The van der Waals surface area contributed by atoms with Crippen molar-refractivity contribution in [1.29, 1.82) is 0 Å². The molecule has 0 amide bonds. The van der Waals surface area contributed by atoms with Crippen molar-refractivity contribution < 1.29 is 25.2 Å². The van der Waals surface area contributed by atoms with Crippen LogP contribution >= 0.6 is 15.1 Å². The zero-order valence-corrected chi connectivity index (χ0v) is 12.6. The Kier molecular flexibility index (Phi) is 6.05. The van der Waals surface area contributed by atoms with Crippen molar-refractivity contribution >= 4 is 15.1 Å². The molecular weight excluding hydrogens is 284 g/mol. The fraction of sp³-hybridized carbons (Fsp3) is 1.00. The quantitative estimate of drug-likeness (QED) is 0.400. The Labute approximate surface area is 99.7 Å². The van der Waals surface area contributed by atoms with Crippen molar-refractivity contribution in [3.63, 3.8) is 0 Å². The van der Waals surface area contributed by atoms with Gasteiger partial charge in [-0.1, -0.05) is 13.8 Å². The molecular formula is C9H22F6P2. The predicted molar refractivity (Wildman–Crippen MR) is 67.2 cm³/mol. The zero-order valence-electron chi connectivity index (χ0n) is 10.9. The van der Waals surface area contributed by atoms with Crippen LogP contribution < -0.4 is 0 Å². The van der Waals surface area contributed by atoms with E-state index in [-0.39, 0.29) is 0 Å². The Morgan fingerprint density at radius 3 is 1.18 bits per heavy atom. The van der Waals surface area contributed by atoms with E-state index >= 15 is 0 Å². The first kappa shape index (κ1) is 19.8. The van der Waals surface area contributed by atoms with Gasteiger partial charge in [-0.3, -0.25) is 0 Å². The Morgan fingerprint density at radius 2 is 1.12 bits per heavy atom. The summed E-state index contributed by atoms with van der Waals surface area (Å²) in [4.78, 5) is 0. The van der Waals surface area contributed by atoms with E-state index in [9.17, 15) is 25.2 Å². The normalized spacial score (nSPS) is 16.9. The van der Waals surface area contributed by atoms with Crippen molar-refractivity contribution in [1.82, 2.24) is 0 Å². The molecule has 0 rings (SSSR count). The fourth-order valence-electron chi connectivity index (χ4n) is 1.36. The van der Waals surface area contributed by atoms with E-state index in [4.69, 9.17) is 0 Å². The van der Waals surface area contributed by atoms with Crippen LogP contribution in [0.3, 0.4) is 0 Å². The maximum atomic E-state index is 9.87. The molecule has 17 heavy (non-hydrogen) atoms. The molecule has 0 fully saturated rings. The number of halogens is 6. The molecule has 0 aromatic heterocycles. The van der Waals surface area contributed by atoms with E-state index in [1.54, 1.807) is 0 Å². The van der Waals surface area contributed by atoms with Gasteiger partial charge in [0.05, 0.1) is 18.5 Å². The monoisotopic (exact) mass is 306 g/mol. The zero-order chi connectivity index (χ0) is 14.6. The summed E-state index contributed by atoms with van der Waals surface area (Å²) in [5.41, 5.74) is 0. The van der Waals surface area contributed by atoms with Crippen molar-refractivity contribution in [3.8, 4) is 0 Å². The molecule has 110 valence electrons. The molecule has 0 aromatic carbocycles. The summed E-state index contributed by atoms with van der Waals surface area (Å²) < 4.78 is 59.2. The van der Waals surface area contributed by atoms with Gasteiger partial charge in [0.15, 0.2) is 0 Å². The molecule has 0 N–H and O–H groups in total. The van der Waals surface area contributed by atoms with Gasteiger partial charge in [0.1, 0.15) is 0 Å². The van der Waals surface area contributed by atoms with Crippen LogP contribution in [0.25, 0.3) is 0 Å². The van der Waals surface area contributed by atoms with Gasteiger partial charge >= 0.3 is 33.0 Å². The average molecular weight is 306 g/mol. The molecule has 0 nitrogen and oxygen atoms in total. The van der Waals surface area contributed by atoms with Crippen LogP contribution in [0, 0.1) is 5.92 Å². The molecule has 0 spiro atoms. The molecule has 0 bridgehead atoms. The molecule has 8 heteroatoms. The van der Waals surface area contributed by atoms with Crippen LogP contribution in [0.1, 0.15) is 27.7 Å². The molecule has 0 aliphatic heterocycles. The van der Waals surface area contributed by atoms with E-state index in [0.29, 0.717) is 0 Å². The van der Waals surface area contributed by atoms with E-state index in [1.807, 2.05) is 0 Å². The van der Waals surface area contributed by atoms with E-state index < -0.39 is 15.1 Å². The molecule has 0 aliphatic carbocycles. The second kappa shape index (κ2) is 5.21. The first-order valence-electron chi connectivity index (χ1n) is 5.39. The van der Waals surface area contributed by atoms with E-state index in [1.165, 1.54) is 18.5 Å². The van der Waals surface area contributed by atoms with Gasteiger partial charge in [-0.05, 0) is 19.8 Å². The van der Waals surface area contributed by atoms with Gasteiger partial charge in [-0.15, -0.1) is 0 Å². The summed E-state index contributed by atoms with van der Waals surface area (Å²) in [5, 5.41) is 0. The maximum absolute atomic E-state index is 10.7. The van der Waals surface area contributed by atoms with Gasteiger partial charge < -0.3 is 0 Å². The molecule has 0 aromatic rings. The summed E-state index contributed by atoms with van der Waals surface area (Å²) in [6, 6.07) is 0. The second-order valence-corrected chi connectivity index (χ2v) is 11.6. The van der Waals surface area contributed by atoms with Crippen molar-refractivity contribution in [2.45, 2.75) is 27.7 Å². The Balaban J connectivity index is 0. The SMILES string of the molecule is CC[P+](C)(CC)CC(C)C.F[P-](F)(F)(F)(F)F. The van der Waals surface area contributed by atoms with Crippen molar-refractivity contribution in [2.24, 2.45) is 5.92 Å². The third-order valence-corrected chi connectivity index (χ3v) is 7.00. The van der Waals surface area contributed by atoms with E-state index in [2.05, 4.69) is 34.4 Å². The first-order valence-corrected chi connectivity index (χ1v) is 10.2. The number of hydrogen-bond donors (Lipinski definition) is 0. The summed E-state index contributed by atoms with van der Waals surface area (Å²) in [5.74, 6) is 0.901. The molecule has 0 saturated heterocycles.